The number of likely N-dealkylation sites (tertiary alicyclic amines) is 1. The highest BCUT2D eigenvalue weighted by molar-refractivity contribution is 6.40. The van der Waals surface area contributed by atoms with Crippen molar-refractivity contribution in [3.63, 3.8) is 0 Å². The number of nitrogens with zero attached hydrogens (tertiary/aromatic N) is 1. The van der Waals surface area contributed by atoms with E-state index in [0.29, 0.717) is 19.7 Å². The second-order valence-electron chi connectivity index (χ2n) is 5.30. The Morgan fingerprint density at radius 2 is 1.92 bits per heavy atom. The average Bonchev–Trinajstić information content (AvgIpc) is 3.09. The van der Waals surface area contributed by atoms with E-state index in [0.717, 1.165) is 18.9 Å². The van der Waals surface area contributed by atoms with Crippen LogP contribution in [0.4, 0.5) is 10.1 Å². The molecule has 1 aliphatic heterocycles. The van der Waals surface area contributed by atoms with Gasteiger partial charge in [0.05, 0.1) is 18.8 Å². The minimum atomic E-state index is -0.990. The predicted octanol–water partition coefficient (Wildman–Crippen LogP) is 0.901. The SMILES string of the molecule is CCOc1ccc(F)cc1NC(=O)C(=O)NCC(=O)N1CCCC1. The van der Waals surface area contributed by atoms with E-state index >= 15 is 0 Å². The van der Waals surface area contributed by atoms with E-state index in [2.05, 4.69) is 10.6 Å². The minimum Gasteiger partial charge on any atom is -0.492 e. The second kappa shape index (κ2) is 8.28. The fourth-order valence-corrected chi connectivity index (χ4v) is 2.37. The molecule has 1 aromatic carbocycles. The highest BCUT2D eigenvalue weighted by atomic mass is 19.1. The van der Waals surface area contributed by atoms with Gasteiger partial charge in [-0.3, -0.25) is 14.4 Å². The minimum absolute atomic E-state index is 0.0582. The van der Waals surface area contributed by atoms with Crippen molar-refractivity contribution in [2.45, 2.75) is 19.8 Å². The quantitative estimate of drug-likeness (QED) is 0.782. The molecule has 2 rings (SSSR count). The van der Waals surface area contributed by atoms with Gasteiger partial charge in [0.15, 0.2) is 0 Å². The fourth-order valence-electron chi connectivity index (χ4n) is 2.37. The molecule has 0 radical (unpaired) electrons. The topological polar surface area (TPSA) is 87.7 Å². The molecule has 24 heavy (non-hydrogen) atoms. The number of benzene rings is 1. The van der Waals surface area contributed by atoms with Gasteiger partial charge in [0.25, 0.3) is 0 Å². The first kappa shape index (κ1) is 17.7. The molecule has 1 aliphatic rings. The smallest absolute Gasteiger partial charge is 0.313 e. The first-order valence-corrected chi connectivity index (χ1v) is 7.80. The maximum Gasteiger partial charge on any atom is 0.313 e. The van der Waals surface area contributed by atoms with E-state index < -0.39 is 17.6 Å². The third kappa shape index (κ3) is 4.68. The summed E-state index contributed by atoms with van der Waals surface area (Å²) in [7, 11) is 0. The summed E-state index contributed by atoms with van der Waals surface area (Å²) in [6.07, 6.45) is 1.89. The molecule has 0 saturated carbocycles. The predicted molar refractivity (Wildman–Crippen MR) is 85.0 cm³/mol. The van der Waals surface area contributed by atoms with Crippen LogP contribution in [0.2, 0.25) is 0 Å². The third-order valence-corrected chi connectivity index (χ3v) is 3.55. The molecule has 7 nitrogen and oxygen atoms in total. The van der Waals surface area contributed by atoms with Gasteiger partial charge < -0.3 is 20.3 Å². The van der Waals surface area contributed by atoms with Crippen molar-refractivity contribution in [3.05, 3.63) is 24.0 Å². The molecular formula is C16H20FN3O4. The van der Waals surface area contributed by atoms with Crippen LogP contribution < -0.4 is 15.4 Å². The summed E-state index contributed by atoms with van der Waals surface area (Å²) in [5.41, 5.74) is 0.0582. The molecule has 3 amide bonds. The standard InChI is InChI=1S/C16H20FN3O4/c1-2-24-13-6-5-11(17)9-12(13)19-16(23)15(22)18-10-14(21)20-7-3-4-8-20/h5-6,9H,2-4,7-8,10H2,1H3,(H,18,22)(H,19,23). The van der Waals surface area contributed by atoms with Crippen molar-refractivity contribution in [2.24, 2.45) is 0 Å². The second-order valence-corrected chi connectivity index (χ2v) is 5.30. The maximum atomic E-state index is 13.3. The number of carbonyl (C=O) groups is 3. The third-order valence-electron chi connectivity index (χ3n) is 3.55. The van der Waals surface area contributed by atoms with Crippen molar-refractivity contribution in [2.75, 3.05) is 31.6 Å². The van der Waals surface area contributed by atoms with Gasteiger partial charge in [0, 0.05) is 19.2 Å². The van der Waals surface area contributed by atoms with E-state index in [9.17, 15) is 18.8 Å². The average molecular weight is 337 g/mol. The number of amides is 3. The van der Waals surface area contributed by atoms with Crippen LogP contribution in [0.25, 0.3) is 0 Å². The monoisotopic (exact) mass is 337 g/mol. The Balaban J connectivity index is 1.90. The fraction of sp³-hybridized carbons (Fsp3) is 0.438. The van der Waals surface area contributed by atoms with Crippen LogP contribution in [0.3, 0.4) is 0 Å². The summed E-state index contributed by atoms with van der Waals surface area (Å²) in [5.74, 6) is -2.49. The van der Waals surface area contributed by atoms with Crippen LogP contribution in [-0.2, 0) is 14.4 Å². The largest absolute Gasteiger partial charge is 0.492 e. The van der Waals surface area contributed by atoms with Crippen LogP contribution in [0.15, 0.2) is 18.2 Å². The number of hydrogen-bond donors (Lipinski definition) is 2. The van der Waals surface area contributed by atoms with Crippen molar-refractivity contribution in [1.29, 1.82) is 0 Å². The van der Waals surface area contributed by atoms with Gasteiger partial charge >= 0.3 is 11.8 Å². The van der Waals surface area contributed by atoms with Gasteiger partial charge in [-0.15, -0.1) is 0 Å². The molecule has 2 N–H and O–H groups in total. The molecule has 1 heterocycles. The molecule has 1 saturated heterocycles. The molecular weight excluding hydrogens is 317 g/mol. The van der Waals surface area contributed by atoms with Crippen LogP contribution in [-0.4, -0.2) is 48.9 Å². The zero-order valence-corrected chi connectivity index (χ0v) is 13.4. The number of ether oxygens (including phenoxy) is 1. The first-order chi connectivity index (χ1) is 11.5. The maximum absolute atomic E-state index is 13.3. The number of nitrogens with one attached hydrogen (secondary N) is 2. The number of halogens is 1. The molecule has 0 aromatic heterocycles. The van der Waals surface area contributed by atoms with Crippen LogP contribution in [0.5, 0.6) is 5.75 Å². The Labute approximate surface area is 139 Å². The summed E-state index contributed by atoms with van der Waals surface area (Å²) in [5, 5.41) is 4.56. The molecule has 130 valence electrons. The molecule has 0 unspecified atom stereocenters. The Kier molecular flexibility index (Phi) is 6.11. The molecule has 0 atom stereocenters. The van der Waals surface area contributed by atoms with Gasteiger partial charge in [-0.25, -0.2) is 4.39 Å². The lowest BCUT2D eigenvalue weighted by molar-refractivity contribution is -0.138. The molecule has 0 spiro atoms. The highest BCUT2D eigenvalue weighted by Crippen LogP contribution is 2.25. The van der Waals surface area contributed by atoms with Crippen LogP contribution in [0.1, 0.15) is 19.8 Å². The van der Waals surface area contributed by atoms with E-state index in [1.54, 1.807) is 11.8 Å². The summed E-state index contributed by atoms with van der Waals surface area (Å²) < 4.78 is 18.6. The number of anilines is 1. The van der Waals surface area contributed by atoms with Gasteiger partial charge in [-0.2, -0.15) is 0 Å². The van der Waals surface area contributed by atoms with E-state index in [-0.39, 0.29) is 23.9 Å². The van der Waals surface area contributed by atoms with E-state index in [1.165, 1.54) is 12.1 Å². The lowest BCUT2D eigenvalue weighted by Crippen LogP contribution is -2.42. The van der Waals surface area contributed by atoms with Gasteiger partial charge in [-0.1, -0.05) is 0 Å². The van der Waals surface area contributed by atoms with Crippen molar-refractivity contribution in [1.82, 2.24) is 10.2 Å². The Morgan fingerprint density at radius 3 is 2.58 bits per heavy atom. The van der Waals surface area contributed by atoms with Crippen molar-refractivity contribution >= 4 is 23.4 Å². The van der Waals surface area contributed by atoms with Crippen LogP contribution >= 0.6 is 0 Å². The van der Waals surface area contributed by atoms with Crippen molar-refractivity contribution < 1.29 is 23.5 Å². The van der Waals surface area contributed by atoms with Gasteiger partial charge in [-0.05, 0) is 31.9 Å². The van der Waals surface area contributed by atoms with E-state index in [1.807, 2.05) is 0 Å². The van der Waals surface area contributed by atoms with Gasteiger partial charge in [0.2, 0.25) is 5.91 Å². The first-order valence-electron chi connectivity index (χ1n) is 7.80. The summed E-state index contributed by atoms with van der Waals surface area (Å²) in [4.78, 5) is 37.1. The Hall–Kier alpha value is -2.64. The molecule has 0 bridgehead atoms. The Bertz CT molecular complexity index is 630. The zero-order chi connectivity index (χ0) is 17.5. The highest BCUT2D eigenvalue weighted by Gasteiger charge is 2.21. The van der Waals surface area contributed by atoms with Crippen molar-refractivity contribution in [3.8, 4) is 5.75 Å². The molecule has 8 heteroatoms. The van der Waals surface area contributed by atoms with Gasteiger partial charge in [0.1, 0.15) is 11.6 Å². The lowest BCUT2D eigenvalue weighted by atomic mass is 10.2. The Morgan fingerprint density at radius 1 is 1.21 bits per heavy atom. The lowest BCUT2D eigenvalue weighted by Gasteiger charge is -2.15. The van der Waals surface area contributed by atoms with Crippen LogP contribution in [0, 0.1) is 5.82 Å². The number of carbonyl (C=O) groups excluding carboxylic acids is 3. The summed E-state index contributed by atoms with van der Waals surface area (Å²) in [6, 6.07) is 3.62. The molecule has 1 aromatic rings. The molecule has 1 fully saturated rings. The van der Waals surface area contributed by atoms with E-state index in [4.69, 9.17) is 4.74 Å². The number of rotatable bonds is 5. The molecule has 0 aliphatic carbocycles. The summed E-state index contributed by atoms with van der Waals surface area (Å²) in [6.45, 7) is 3.16. The summed E-state index contributed by atoms with van der Waals surface area (Å²) >= 11 is 0. The zero-order valence-electron chi connectivity index (χ0n) is 13.4. The normalized spacial score (nSPS) is 13.5. The number of hydrogen-bond acceptors (Lipinski definition) is 4.